The van der Waals surface area contributed by atoms with Crippen molar-refractivity contribution < 1.29 is 0 Å². The Labute approximate surface area is 96.2 Å². The molecule has 3 heteroatoms. The van der Waals surface area contributed by atoms with E-state index in [0.29, 0.717) is 5.92 Å². The smallest absolute Gasteiger partial charge is 0.0945 e. The molecule has 1 unspecified atom stereocenters. The van der Waals surface area contributed by atoms with Gasteiger partial charge in [-0.05, 0) is 23.8 Å². The summed E-state index contributed by atoms with van der Waals surface area (Å²) in [5.74, 6) is 1.28. The first-order valence-corrected chi connectivity index (χ1v) is 6.38. The van der Waals surface area contributed by atoms with Crippen LogP contribution >= 0.6 is 11.3 Å². The highest BCUT2D eigenvalue weighted by molar-refractivity contribution is 7.10. The molecule has 0 amide bonds. The molecule has 1 atom stereocenters. The summed E-state index contributed by atoms with van der Waals surface area (Å²) >= 11 is 1.76. The maximum absolute atomic E-state index is 5.88. The van der Waals surface area contributed by atoms with Crippen LogP contribution < -0.4 is 5.73 Å². The predicted molar refractivity (Wildman–Crippen MR) is 68.4 cm³/mol. The van der Waals surface area contributed by atoms with Crippen LogP contribution in [0.15, 0.2) is 22.5 Å². The third kappa shape index (κ3) is 3.67. The Kier molecular flexibility index (Phi) is 4.82. The lowest BCUT2D eigenvalue weighted by molar-refractivity contribution is 0.522. The third-order valence-electron chi connectivity index (χ3n) is 2.28. The zero-order valence-corrected chi connectivity index (χ0v) is 10.6. The van der Waals surface area contributed by atoms with E-state index in [1.165, 1.54) is 4.88 Å². The van der Waals surface area contributed by atoms with Gasteiger partial charge in [0.2, 0.25) is 0 Å². The monoisotopic (exact) mass is 224 g/mol. The van der Waals surface area contributed by atoms with Crippen LogP contribution in [0.4, 0.5) is 0 Å². The number of hydrogen-bond donors (Lipinski definition) is 1. The van der Waals surface area contributed by atoms with E-state index >= 15 is 0 Å². The molecule has 2 nitrogen and oxygen atoms in total. The summed E-state index contributed by atoms with van der Waals surface area (Å²) in [4.78, 5) is 5.92. The highest BCUT2D eigenvalue weighted by Gasteiger charge is 2.15. The van der Waals surface area contributed by atoms with E-state index in [1.807, 2.05) is 0 Å². The molecule has 0 aliphatic heterocycles. The van der Waals surface area contributed by atoms with Crippen LogP contribution in [0, 0.1) is 5.92 Å². The van der Waals surface area contributed by atoms with Crippen molar-refractivity contribution in [3.05, 3.63) is 22.4 Å². The molecule has 84 valence electrons. The number of rotatable bonds is 5. The normalized spacial score (nSPS) is 14.5. The zero-order chi connectivity index (χ0) is 11.3. The molecule has 0 radical (unpaired) electrons. The molecule has 0 aromatic carbocycles. The molecule has 2 N–H and O–H groups in total. The van der Waals surface area contributed by atoms with Gasteiger partial charge in [-0.25, -0.2) is 0 Å². The Balaban J connectivity index is 2.80. The first kappa shape index (κ1) is 12.2. The summed E-state index contributed by atoms with van der Waals surface area (Å²) < 4.78 is 0. The van der Waals surface area contributed by atoms with Crippen molar-refractivity contribution in [3.63, 3.8) is 0 Å². The molecule has 15 heavy (non-hydrogen) atoms. The SMILES string of the molecule is CCCC(N)=NC(c1cccs1)C(C)C. The second-order valence-corrected chi connectivity index (χ2v) is 5.05. The van der Waals surface area contributed by atoms with Gasteiger partial charge in [0.1, 0.15) is 0 Å². The lowest BCUT2D eigenvalue weighted by Gasteiger charge is -2.15. The number of aliphatic imine (C=N–C) groups is 1. The summed E-state index contributed by atoms with van der Waals surface area (Å²) in [6.45, 7) is 6.50. The Morgan fingerprint density at radius 2 is 2.27 bits per heavy atom. The van der Waals surface area contributed by atoms with Gasteiger partial charge in [0.15, 0.2) is 0 Å². The number of nitrogens with two attached hydrogens (primary N) is 1. The zero-order valence-electron chi connectivity index (χ0n) is 9.73. The van der Waals surface area contributed by atoms with Gasteiger partial charge in [-0.1, -0.05) is 26.8 Å². The van der Waals surface area contributed by atoms with Gasteiger partial charge >= 0.3 is 0 Å². The van der Waals surface area contributed by atoms with Crippen molar-refractivity contribution in [2.24, 2.45) is 16.6 Å². The number of amidine groups is 1. The Morgan fingerprint density at radius 1 is 1.53 bits per heavy atom. The van der Waals surface area contributed by atoms with Gasteiger partial charge in [0.05, 0.1) is 11.9 Å². The average molecular weight is 224 g/mol. The van der Waals surface area contributed by atoms with E-state index < -0.39 is 0 Å². The van der Waals surface area contributed by atoms with Gasteiger partial charge in [-0.3, -0.25) is 4.99 Å². The van der Waals surface area contributed by atoms with Crippen molar-refractivity contribution >= 4 is 17.2 Å². The van der Waals surface area contributed by atoms with Crippen LogP contribution in [-0.4, -0.2) is 5.84 Å². The molecule has 0 saturated carbocycles. The molecule has 0 fully saturated rings. The Morgan fingerprint density at radius 3 is 2.73 bits per heavy atom. The van der Waals surface area contributed by atoms with Crippen LogP contribution in [0.3, 0.4) is 0 Å². The molecule has 0 bridgehead atoms. The lowest BCUT2D eigenvalue weighted by Crippen LogP contribution is -2.15. The van der Waals surface area contributed by atoms with E-state index in [-0.39, 0.29) is 6.04 Å². The summed E-state index contributed by atoms with van der Waals surface area (Å²) in [5.41, 5.74) is 5.88. The number of nitrogens with zero attached hydrogens (tertiary/aromatic N) is 1. The lowest BCUT2D eigenvalue weighted by atomic mass is 10.0. The molecular formula is C12H20N2S. The fraction of sp³-hybridized carbons (Fsp3) is 0.583. The second-order valence-electron chi connectivity index (χ2n) is 4.07. The third-order valence-corrected chi connectivity index (χ3v) is 3.22. The van der Waals surface area contributed by atoms with Crippen molar-refractivity contribution in [2.45, 2.75) is 39.7 Å². The van der Waals surface area contributed by atoms with E-state index in [1.54, 1.807) is 11.3 Å². The minimum atomic E-state index is 0.233. The Hall–Kier alpha value is -0.830. The number of thiophene rings is 1. The molecule has 0 saturated heterocycles. The van der Waals surface area contributed by atoms with E-state index in [2.05, 4.69) is 43.3 Å². The first-order chi connectivity index (χ1) is 7.15. The molecule has 1 rings (SSSR count). The first-order valence-electron chi connectivity index (χ1n) is 5.50. The molecule has 1 aromatic heterocycles. The van der Waals surface area contributed by atoms with Gasteiger partial charge in [0.25, 0.3) is 0 Å². The van der Waals surface area contributed by atoms with Crippen molar-refractivity contribution in [2.75, 3.05) is 0 Å². The summed E-state index contributed by atoms with van der Waals surface area (Å²) in [7, 11) is 0. The molecule has 1 aromatic rings. The fourth-order valence-corrected chi connectivity index (χ4v) is 2.44. The van der Waals surface area contributed by atoms with Crippen LogP contribution in [-0.2, 0) is 0 Å². The summed E-state index contributed by atoms with van der Waals surface area (Å²) in [6, 6.07) is 4.44. The number of hydrogen-bond acceptors (Lipinski definition) is 2. The van der Waals surface area contributed by atoms with Crippen molar-refractivity contribution in [3.8, 4) is 0 Å². The molecule has 1 heterocycles. The van der Waals surface area contributed by atoms with Crippen LogP contribution in [0.25, 0.3) is 0 Å². The quantitative estimate of drug-likeness (QED) is 0.602. The molecule has 0 spiro atoms. The summed E-state index contributed by atoms with van der Waals surface area (Å²) in [6.07, 6.45) is 1.96. The van der Waals surface area contributed by atoms with E-state index in [9.17, 15) is 0 Å². The fourth-order valence-electron chi connectivity index (χ4n) is 1.50. The topological polar surface area (TPSA) is 38.4 Å². The highest BCUT2D eigenvalue weighted by Crippen LogP contribution is 2.29. The minimum Gasteiger partial charge on any atom is -0.387 e. The van der Waals surface area contributed by atoms with Crippen LogP contribution in [0.2, 0.25) is 0 Å². The van der Waals surface area contributed by atoms with Crippen LogP contribution in [0.1, 0.15) is 44.5 Å². The highest BCUT2D eigenvalue weighted by atomic mass is 32.1. The molecular weight excluding hydrogens is 204 g/mol. The van der Waals surface area contributed by atoms with E-state index in [0.717, 1.165) is 18.7 Å². The standard InChI is InChI=1S/C12H20N2S/c1-4-6-11(13)14-12(9(2)3)10-7-5-8-15-10/h5,7-9,12H,4,6H2,1-3H3,(H2,13,14). The molecule has 0 aliphatic rings. The maximum Gasteiger partial charge on any atom is 0.0945 e. The predicted octanol–water partition coefficient (Wildman–Crippen LogP) is 3.60. The van der Waals surface area contributed by atoms with Gasteiger partial charge in [0, 0.05) is 11.3 Å². The van der Waals surface area contributed by atoms with Gasteiger partial charge in [-0.2, -0.15) is 0 Å². The summed E-state index contributed by atoms with van der Waals surface area (Å²) in [5, 5.41) is 2.09. The largest absolute Gasteiger partial charge is 0.387 e. The van der Waals surface area contributed by atoms with Gasteiger partial charge in [-0.15, -0.1) is 11.3 Å². The second kappa shape index (κ2) is 5.91. The maximum atomic E-state index is 5.88. The van der Waals surface area contributed by atoms with Crippen molar-refractivity contribution in [1.82, 2.24) is 0 Å². The molecule has 0 aliphatic carbocycles. The Bertz CT molecular complexity index is 301. The minimum absolute atomic E-state index is 0.233. The van der Waals surface area contributed by atoms with E-state index in [4.69, 9.17) is 5.73 Å². The van der Waals surface area contributed by atoms with Gasteiger partial charge < -0.3 is 5.73 Å². The van der Waals surface area contributed by atoms with Crippen molar-refractivity contribution in [1.29, 1.82) is 0 Å². The van der Waals surface area contributed by atoms with Crippen LogP contribution in [0.5, 0.6) is 0 Å². The average Bonchev–Trinajstić information content (AvgIpc) is 2.66.